The molecular weight excluding hydrogens is 303 g/mol. The minimum absolute atomic E-state index is 0.121. The maximum Gasteiger partial charge on any atom is 0.272 e. The molecule has 1 amide bonds. The number of anilines is 1. The fourth-order valence-electron chi connectivity index (χ4n) is 1.22. The third kappa shape index (κ3) is 2.38. The summed E-state index contributed by atoms with van der Waals surface area (Å²) in [4.78, 5) is 14.5. The molecule has 3 nitrogen and oxygen atoms in total. The van der Waals surface area contributed by atoms with Crippen molar-refractivity contribution < 1.29 is 4.79 Å². The van der Waals surface area contributed by atoms with Gasteiger partial charge in [0.2, 0.25) is 0 Å². The summed E-state index contributed by atoms with van der Waals surface area (Å²) < 4.78 is 1.02. The van der Waals surface area contributed by atoms with Gasteiger partial charge in [-0.3, -0.25) is 4.79 Å². The Morgan fingerprint density at radius 1 is 1.20 bits per heavy atom. The Morgan fingerprint density at radius 3 is 2.67 bits per heavy atom. The standard InChI is InChI=1S/C11H9IN2O/c12-8-4-1-2-5-9(8)14-11(15)10-6-3-7-13-10/h1-7,13H,(H,14,15). The van der Waals surface area contributed by atoms with Crippen LogP contribution in [0, 0.1) is 3.57 Å². The number of benzene rings is 1. The van der Waals surface area contributed by atoms with Crippen molar-refractivity contribution >= 4 is 34.2 Å². The van der Waals surface area contributed by atoms with Crippen molar-refractivity contribution in [1.82, 2.24) is 4.98 Å². The third-order valence-corrected chi connectivity index (χ3v) is 2.91. The number of aromatic amines is 1. The monoisotopic (exact) mass is 312 g/mol. The fraction of sp³-hybridized carbons (Fsp3) is 0. The molecule has 0 bridgehead atoms. The second kappa shape index (κ2) is 4.48. The molecule has 4 heteroatoms. The highest BCUT2D eigenvalue weighted by Gasteiger charge is 2.07. The van der Waals surface area contributed by atoms with E-state index in [1.807, 2.05) is 24.3 Å². The molecule has 1 aromatic heterocycles. The normalized spacial score (nSPS) is 9.93. The summed E-state index contributed by atoms with van der Waals surface area (Å²) in [6, 6.07) is 11.2. The molecule has 15 heavy (non-hydrogen) atoms. The number of hydrogen-bond acceptors (Lipinski definition) is 1. The quantitative estimate of drug-likeness (QED) is 0.823. The number of carbonyl (C=O) groups excluding carboxylic acids is 1. The van der Waals surface area contributed by atoms with Crippen LogP contribution in [-0.2, 0) is 0 Å². The molecular formula is C11H9IN2O. The number of amides is 1. The van der Waals surface area contributed by atoms with Gasteiger partial charge in [0.05, 0.1) is 5.69 Å². The van der Waals surface area contributed by atoms with E-state index < -0.39 is 0 Å². The Hall–Kier alpha value is -1.30. The van der Waals surface area contributed by atoms with Crippen LogP contribution in [-0.4, -0.2) is 10.9 Å². The van der Waals surface area contributed by atoms with E-state index in [0.29, 0.717) is 5.69 Å². The largest absolute Gasteiger partial charge is 0.357 e. The number of para-hydroxylation sites is 1. The molecule has 0 aliphatic heterocycles. The average Bonchev–Trinajstić information content (AvgIpc) is 2.74. The molecule has 2 N–H and O–H groups in total. The summed E-state index contributed by atoms with van der Waals surface area (Å²) in [6.45, 7) is 0. The maximum absolute atomic E-state index is 11.7. The predicted molar refractivity (Wildman–Crippen MR) is 67.9 cm³/mol. The van der Waals surface area contributed by atoms with Gasteiger partial charge in [-0.25, -0.2) is 0 Å². The first-order valence-corrected chi connectivity index (χ1v) is 5.54. The molecule has 1 aromatic carbocycles. The molecule has 0 unspecified atom stereocenters. The second-order valence-electron chi connectivity index (χ2n) is 3.02. The van der Waals surface area contributed by atoms with Crippen LogP contribution in [0.15, 0.2) is 42.6 Å². The number of hydrogen-bond donors (Lipinski definition) is 2. The van der Waals surface area contributed by atoms with Gasteiger partial charge in [0.1, 0.15) is 5.69 Å². The van der Waals surface area contributed by atoms with Crippen LogP contribution in [0.1, 0.15) is 10.5 Å². The molecule has 0 atom stereocenters. The van der Waals surface area contributed by atoms with Crippen molar-refractivity contribution in [2.45, 2.75) is 0 Å². The number of halogens is 1. The number of rotatable bonds is 2. The third-order valence-electron chi connectivity index (χ3n) is 1.96. The zero-order chi connectivity index (χ0) is 10.7. The summed E-state index contributed by atoms with van der Waals surface area (Å²) in [7, 11) is 0. The van der Waals surface area contributed by atoms with Crippen LogP contribution in [0.3, 0.4) is 0 Å². The van der Waals surface area contributed by atoms with E-state index in [2.05, 4.69) is 32.9 Å². The van der Waals surface area contributed by atoms with Crippen molar-refractivity contribution in [1.29, 1.82) is 0 Å². The summed E-state index contributed by atoms with van der Waals surface area (Å²) in [5, 5.41) is 2.83. The van der Waals surface area contributed by atoms with Crippen LogP contribution in [0.2, 0.25) is 0 Å². The van der Waals surface area contributed by atoms with E-state index in [4.69, 9.17) is 0 Å². The Bertz CT molecular complexity index is 465. The summed E-state index contributed by atoms with van der Waals surface area (Å²) >= 11 is 2.19. The molecule has 2 rings (SSSR count). The highest BCUT2D eigenvalue weighted by atomic mass is 127. The lowest BCUT2D eigenvalue weighted by Crippen LogP contribution is -2.12. The van der Waals surface area contributed by atoms with Crippen molar-refractivity contribution in [2.24, 2.45) is 0 Å². The first kappa shape index (κ1) is 10.2. The lowest BCUT2D eigenvalue weighted by atomic mass is 10.3. The van der Waals surface area contributed by atoms with E-state index in [1.54, 1.807) is 18.3 Å². The molecule has 76 valence electrons. The summed E-state index contributed by atoms with van der Waals surface area (Å²) in [6.07, 6.45) is 1.73. The van der Waals surface area contributed by atoms with Crippen molar-refractivity contribution in [2.75, 3.05) is 5.32 Å². The topological polar surface area (TPSA) is 44.9 Å². The van der Waals surface area contributed by atoms with E-state index in [-0.39, 0.29) is 5.91 Å². The highest BCUT2D eigenvalue weighted by Crippen LogP contribution is 2.17. The van der Waals surface area contributed by atoms with Crippen LogP contribution in [0.25, 0.3) is 0 Å². The Kier molecular flexibility index (Phi) is 3.05. The van der Waals surface area contributed by atoms with Crippen LogP contribution in [0.4, 0.5) is 5.69 Å². The van der Waals surface area contributed by atoms with Gasteiger partial charge in [-0.2, -0.15) is 0 Å². The molecule has 2 aromatic rings. The lowest BCUT2D eigenvalue weighted by molar-refractivity contribution is 0.102. The van der Waals surface area contributed by atoms with Gasteiger partial charge in [0, 0.05) is 9.77 Å². The van der Waals surface area contributed by atoms with Gasteiger partial charge in [-0.15, -0.1) is 0 Å². The molecule has 0 fully saturated rings. The second-order valence-corrected chi connectivity index (χ2v) is 4.18. The molecule has 0 spiro atoms. The number of H-pyrrole nitrogens is 1. The fourth-order valence-corrected chi connectivity index (χ4v) is 1.75. The number of carbonyl (C=O) groups is 1. The van der Waals surface area contributed by atoms with Crippen LogP contribution >= 0.6 is 22.6 Å². The molecule has 1 heterocycles. The zero-order valence-corrected chi connectivity index (χ0v) is 9.99. The number of nitrogens with one attached hydrogen (secondary N) is 2. The molecule has 0 radical (unpaired) electrons. The molecule has 0 aliphatic rings. The Labute approximate surface area is 101 Å². The zero-order valence-electron chi connectivity index (χ0n) is 7.83. The van der Waals surface area contributed by atoms with Gasteiger partial charge in [0.15, 0.2) is 0 Å². The minimum atomic E-state index is -0.121. The van der Waals surface area contributed by atoms with Crippen LogP contribution in [0.5, 0.6) is 0 Å². The van der Waals surface area contributed by atoms with E-state index in [0.717, 1.165) is 9.26 Å². The van der Waals surface area contributed by atoms with Crippen LogP contribution < -0.4 is 5.32 Å². The van der Waals surface area contributed by atoms with Gasteiger partial charge in [-0.1, -0.05) is 12.1 Å². The summed E-state index contributed by atoms with van der Waals surface area (Å²) in [5.74, 6) is -0.121. The maximum atomic E-state index is 11.7. The predicted octanol–water partition coefficient (Wildman–Crippen LogP) is 2.87. The Morgan fingerprint density at radius 2 is 2.00 bits per heavy atom. The average molecular weight is 312 g/mol. The molecule has 0 saturated carbocycles. The lowest BCUT2D eigenvalue weighted by Gasteiger charge is -2.05. The smallest absolute Gasteiger partial charge is 0.272 e. The SMILES string of the molecule is O=C(Nc1ccccc1I)c1ccc[nH]1. The first-order chi connectivity index (χ1) is 7.27. The molecule has 0 saturated heterocycles. The van der Waals surface area contributed by atoms with Gasteiger partial charge < -0.3 is 10.3 Å². The van der Waals surface area contributed by atoms with Gasteiger partial charge in [-0.05, 0) is 46.9 Å². The van der Waals surface area contributed by atoms with Gasteiger partial charge >= 0.3 is 0 Å². The Balaban J connectivity index is 2.17. The minimum Gasteiger partial charge on any atom is -0.357 e. The highest BCUT2D eigenvalue weighted by molar-refractivity contribution is 14.1. The van der Waals surface area contributed by atoms with Crippen molar-refractivity contribution in [3.63, 3.8) is 0 Å². The molecule has 0 aliphatic carbocycles. The van der Waals surface area contributed by atoms with Crippen molar-refractivity contribution in [3.8, 4) is 0 Å². The van der Waals surface area contributed by atoms with Crippen molar-refractivity contribution in [3.05, 3.63) is 51.9 Å². The van der Waals surface area contributed by atoms with E-state index >= 15 is 0 Å². The first-order valence-electron chi connectivity index (χ1n) is 4.46. The number of aromatic nitrogens is 1. The van der Waals surface area contributed by atoms with E-state index in [1.165, 1.54) is 0 Å². The summed E-state index contributed by atoms with van der Waals surface area (Å²) in [5.41, 5.74) is 1.40. The van der Waals surface area contributed by atoms with E-state index in [9.17, 15) is 4.79 Å². The van der Waals surface area contributed by atoms with Gasteiger partial charge in [0.25, 0.3) is 5.91 Å².